The van der Waals surface area contributed by atoms with Crippen molar-refractivity contribution < 1.29 is 13.2 Å². The van der Waals surface area contributed by atoms with Gasteiger partial charge in [0.1, 0.15) is 5.82 Å². The first-order valence-electron chi connectivity index (χ1n) is 9.14. The Morgan fingerprint density at radius 3 is 2.10 bits per heavy atom. The predicted octanol–water partition coefficient (Wildman–Crippen LogP) is 5.78. The molecule has 0 radical (unpaired) electrons. The minimum atomic E-state index is -4.36. The number of pyridine rings is 3. The first kappa shape index (κ1) is 19.6. The smallest absolute Gasteiger partial charge is 0.384 e. The summed E-state index contributed by atoms with van der Waals surface area (Å²) in [6, 6.07) is 16.1. The molecule has 0 amide bonds. The highest BCUT2D eigenvalue weighted by Crippen LogP contribution is 2.32. The highest BCUT2D eigenvalue weighted by molar-refractivity contribution is 5.73. The van der Waals surface area contributed by atoms with Crippen LogP contribution in [0.5, 0.6) is 0 Å². The predicted molar refractivity (Wildman–Crippen MR) is 110 cm³/mol. The van der Waals surface area contributed by atoms with Crippen molar-refractivity contribution >= 4 is 5.82 Å². The molecule has 0 fully saturated rings. The number of hydrogen-bond donors (Lipinski definition) is 1. The first-order chi connectivity index (χ1) is 14.3. The van der Waals surface area contributed by atoms with E-state index in [-0.39, 0.29) is 0 Å². The van der Waals surface area contributed by atoms with Gasteiger partial charge in [0.25, 0.3) is 0 Å². The summed E-state index contributed by atoms with van der Waals surface area (Å²) in [6.07, 6.45) is -1.02. The normalized spacial score (nSPS) is 11.5. The second kappa shape index (κ2) is 7.59. The van der Waals surface area contributed by atoms with Gasteiger partial charge in [0.15, 0.2) is 0 Å². The van der Waals surface area contributed by atoms with Crippen molar-refractivity contribution in [1.82, 2.24) is 15.0 Å². The minimum absolute atomic E-state index is 0.427. The topological polar surface area (TPSA) is 64.7 Å². The van der Waals surface area contributed by atoms with Crippen LogP contribution < -0.4 is 5.73 Å². The summed E-state index contributed by atoms with van der Waals surface area (Å²) in [5.41, 5.74) is 10.3. The number of hydrogen-bond acceptors (Lipinski definition) is 4. The zero-order chi connectivity index (χ0) is 21.3. The molecule has 0 saturated carbocycles. The third-order valence-corrected chi connectivity index (χ3v) is 4.64. The van der Waals surface area contributed by atoms with Crippen molar-refractivity contribution in [2.24, 2.45) is 0 Å². The van der Waals surface area contributed by atoms with Gasteiger partial charge in [-0.25, -0.2) is 4.98 Å². The molecule has 1 aromatic carbocycles. The van der Waals surface area contributed by atoms with Gasteiger partial charge < -0.3 is 5.73 Å². The van der Waals surface area contributed by atoms with Gasteiger partial charge in [-0.1, -0.05) is 12.1 Å². The fourth-order valence-corrected chi connectivity index (χ4v) is 3.14. The maximum absolute atomic E-state index is 12.8. The van der Waals surface area contributed by atoms with Crippen LogP contribution in [0, 0.1) is 6.92 Å². The molecule has 0 atom stereocenters. The summed E-state index contributed by atoms with van der Waals surface area (Å²) in [6.45, 7) is 1.85. The number of nitrogens with zero attached hydrogens (tertiary/aromatic N) is 3. The van der Waals surface area contributed by atoms with Crippen molar-refractivity contribution in [3.63, 3.8) is 0 Å². The molecule has 0 aliphatic carbocycles. The van der Waals surface area contributed by atoms with Gasteiger partial charge in [0.2, 0.25) is 0 Å². The van der Waals surface area contributed by atoms with E-state index in [9.17, 15) is 13.2 Å². The molecule has 0 aliphatic heterocycles. The van der Waals surface area contributed by atoms with Crippen LogP contribution in [0.2, 0.25) is 0 Å². The van der Waals surface area contributed by atoms with Crippen molar-refractivity contribution in [3.05, 3.63) is 84.3 Å². The Morgan fingerprint density at radius 2 is 1.43 bits per heavy atom. The summed E-state index contributed by atoms with van der Waals surface area (Å²) in [5.74, 6) is 0.427. The van der Waals surface area contributed by atoms with E-state index in [1.165, 1.54) is 12.1 Å². The van der Waals surface area contributed by atoms with Gasteiger partial charge >= 0.3 is 6.18 Å². The molecule has 3 heterocycles. The number of alkyl halides is 3. The lowest BCUT2D eigenvalue weighted by atomic mass is 10.0. The fourth-order valence-electron chi connectivity index (χ4n) is 3.14. The summed E-state index contributed by atoms with van der Waals surface area (Å²) < 4.78 is 38.5. The van der Waals surface area contributed by atoms with Crippen LogP contribution in [0.1, 0.15) is 11.3 Å². The Labute approximate surface area is 171 Å². The number of nitrogen functional groups attached to an aromatic ring is 1. The number of halogens is 3. The number of nitrogens with two attached hydrogens (primary N) is 1. The Hall–Kier alpha value is -3.74. The molecule has 0 saturated heterocycles. The SMILES string of the molecule is Cc1cc(-c2ccc(C(F)(F)F)cc2)cc(-c2ccnc(-c3ccc(N)nc3)c2)n1. The van der Waals surface area contributed by atoms with Gasteiger partial charge in [0, 0.05) is 29.2 Å². The highest BCUT2D eigenvalue weighted by Gasteiger charge is 2.30. The average molecular weight is 406 g/mol. The van der Waals surface area contributed by atoms with E-state index in [0.717, 1.165) is 40.2 Å². The van der Waals surface area contributed by atoms with E-state index in [0.29, 0.717) is 17.1 Å². The zero-order valence-corrected chi connectivity index (χ0v) is 16.0. The third-order valence-electron chi connectivity index (χ3n) is 4.64. The molecule has 7 heteroatoms. The van der Waals surface area contributed by atoms with E-state index >= 15 is 0 Å². The largest absolute Gasteiger partial charge is 0.416 e. The van der Waals surface area contributed by atoms with E-state index < -0.39 is 11.7 Å². The maximum atomic E-state index is 12.8. The van der Waals surface area contributed by atoms with Crippen LogP contribution in [0.4, 0.5) is 19.0 Å². The van der Waals surface area contributed by atoms with E-state index in [2.05, 4.69) is 15.0 Å². The molecule has 0 spiro atoms. The number of aromatic nitrogens is 3. The van der Waals surface area contributed by atoms with Gasteiger partial charge in [-0.2, -0.15) is 13.2 Å². The van der Waals surface area contributed by atoms with Gasteiger partial charge in [0.05, 0.1) is 17.0 Å². The monoisotopic (exact) mass is 406 g/mol. The minimum Gasteiger partial charge on any atom is -0.384 e. The lowest BCUT2D eigenvalue weighted by molar-refractivity contribution is -0.137. The molecule has 150 valence electrons. The summed E-state index contributed by atoms with van der Waals surface area (Å²) >= 11 is 0. The number of aryl methyl sites for hydroxylation is 1. The summed E-state index contributed by atoms with van der Waals surface area (Å²) in [7, 11) is 0. The Balaban J connectivity index is 1.72. The molecule has 2 N–H and O–H groups in total. The lowest BCUT2D eigenvalue weighted by Gasteiger charge is -2.10. The van der Waals surface area contributed by atoms with Crippen LogP contribution in [-0.2, 0) is 6.18 Å². The van der Waals surface area contributed by atoms with E-state index in [1.54, 1.807) is 18.5 Å². The van der Waals surface area contributed by atoms with Crippen LogP contribution in [0.15, 0.2) is 73.1 Å². The van der Waals surface area contributed by atoms with Crippen LogP contribution >= 0.6 is 0 Å². The Kier molecular flexibility index (Phi) is 4.95. The van der Waals surface area contributed by atoms with Gasteiger partial charge in [-0.3, -0.25) is 9.97 Å². The molecule has 0 bridgehead atoms. The van der Waals surface area contributed by atoms with Crippen LogP contribution in [0.25, 0.3) is 33.6 Å². The molecule has 4 nitrogen and oxygen atoms in total. The van der Waals surface area contributed by atoms with Crippen molar-refractivity contribution in [2.45, 2.75) is 13.1 Å². The van der Waals surface area contributed by atoms with Crippen molar-refractivity contribution in [3.8, 4) is 33.6 Å². The Morgan fingerprint density at radius 1 is 0.733 bits per heavy atom. The standard InChI is InChI=1S/C23H17F3N4/c1-14-10-18(15-2-5-19(6-3-15)23(24,25)26)12-21(30-14)16-8-9-28-20(11-16)17-4-7-22(27)29-13-17/h2-13H,1H3,(H2,27,29). The fraction of sp³-hybridized carbons (Fsp3) is 0.0870. The molecule has 0 aliphatic rings. The maximum Gasteiger partial charge on any atom is 0.416 e. The zero-order valence-electron chi connectivity index (χ0n) is 16.0. The van der Waals surface area contributed by atoms with E-state index in [1.807, 2.05) is 37.3 Å². The molecular weight excluding hydrogens is 389 g/mol. The highest BCUT2D eigenvalue weighted by atomic mass is 19.4. The van der Waals surface area contributed by atoms with Crippen LogP contribution in [-0.4, -0.2) is 15.0 Å². The Bertz CT molecular complexity index is 1180. The van der Waals surface area contributed by atoms with E-state index in [4.69, 9.17) is 5.73 Å². The summed E-state index contributed by atoms with van der Waals surface area (Å²) in [5, 5.41) is 0. The van der Waals surface area contributed by atoms with Crippen molar-refractivity contribution in [2.75, 3.05) is 5.73 Å². The molecule has 3 aromatic heterocycles. The van der Waals surface area contributed by atoms with Crippen molar-refractivity contribution in [1.29, 1.82) is 0 Å². The van der Waals surface area contributed by atoms with Gasteiger partial charge in [-0.15, -0.1) is 0 Å². The number of anilines is 1. The molecule has 4 rings (SSSR count). The number of rotatable bonds is 3. The second-order valence-electron chi connectivity index (χ2n) is 6.86. The molecular formula is C23H17F3N4. The second-order valence-corrected chi connectivity index (χ2v) is 6.86. The quantitative estimate of drug-likeness (QED) is 0.468. The lowest BCUT2D eigenvalue weighted by Crippen LogP contribution is -2.04. The molecule has 4 aromatic rings. The molecule has 0 unspecified atom stereocenters. The molecule has 30 heavy (non-hydrogen) atoms. The first-order valence-corrected chi connectivity index (χ1v) is 9.14. The number of benzene rings is 1. The van der Waals surface area contributed by atoms with Crippen LogP contribution in [0.3, 0.4) is 0 Å². The third kappa shape index (κ3) is 4.15. The van der Waals surface area contributed by atoms with Gasteiger partial charge in [-0.05, 0) is 66.6 Å². The summed E-state index contributed by atoms with van der Waals surface area (Å²) in [4.78, 5) is 13.1. The average Bonchev–Trinajstić information content (AvgIpc) is 2.73.